The summed E-state index contributed by atoms with van der Waals surface area (Å²) in [5, 5.41) is 0. The molecule has 1 aromatic carbocycles. The standard InChI is InChI=1S/C17H19N4O/c1-3-7-15-16(14-8-5-4-6-9-14)19-13-21(15,2)17(22)20-11-10-18-12-20/h4-6,8-13H,3,7H2,1-2H3/q+1. The van der Waals surface area contributed by atoms with E-state index in [0.29, 0.717) is 0 Å². The number of aromatic nitrogens is 2. The van der Waals surface area contributed by atoms with E-state index in [0.717, 1.165) is 29.8 Å². The number of nitrogens with zero attached hydrogens (tertiary/aromatic N) is 4. The van der Waals surface area contributed by atoms with Crippen LogP contribution in [0.15, 0.2) is 59.7 Å². The van der Waals surface area contributed by atoms with Gasteiger partial charge in [-0.05, 0) is 6.42 Å². The van der Waals surface area contributed by atoms with Crippen LogP contribution in [0.4, 0.5) is 4.79 Å². The highest BCUT2D eigenvalue weighted by molar-refractivity contribution is 5.87. The van der Waals surface area contributed by atoms with Gasteiger partial charge < -0.3 is 0 Å². The molecular weight excluding hydrogens is 276 g/mol. The molecule has 1 aliphatic rings. The summed E-state index contributed by atoms with van der Waals surface area (Å²) in [6, 6.07) is 9.94. The molecule has 0 fully saturated rings. The summed E-state index contributed by atoms with van der Waals surface area (Å²) in [5.74, 6) is 0. The SMILES string of the molecule is CCCC1=C(c2ccccc2)N=C[N+]1(C)C(=O)n1ccnc1. The first kappa shape index (κ1) is 14.4. The fourth-order valence-corrected chi connectivity index (χ4v) is 2.74. The van der Waals surface area contributed by atoms with Gasteiger partial charge in [0, 0.05) is 24.4 Å². The van der Waals surface area contributed by atoms with E-state index >= 15 is 0 Å². The summed E-state index contributed by atoms with van der Waals surface area (Å²) >= 11 is 0. The molecule has 1 atom stereocenters. The molecule has 0 saturated heterocycles. The lowest BCUT2D eigenvalue weighted by atomic mass is 10.1. The number of rotatable bonds is 3. The highest BCUT2D eigenvalue weighted by Crippen LogP contribution is 2.34. The normalized spacial score (nSPS) is 20.6. The second-order valence-corrected chi connectivity index (χ2v) is 5.48. The van der Waals surface area contributed by atoms with E-state index in [4.69, 9.17) is 0 Å². The van der Waals surface area contributed by atoms with Crippen molar-refractivity contribution in [1.29, 1.82) is 0 Å². The summed E-state index contributed by atoms with van der Waals surface area (Å²) in [5.41, 5.74) is 2.97. The van der Waals surface area contributed by atoms with Gasteiger partial charge in [0.25, 0.3) is 0 Å². The predicted molar refractivity (Wildman–Crippen MR) is 86.0 cm³/mol. The van der Waals surface area contributed by atoms with Crippen LogP contribution in [0.2, 0.25) is 0 Å². The predicted octanol–water partition coefficient (Wildman–Crippen LogP) is 3.51. The molecule has 1 aromatic heterocycles. The molecule has 0 spiro atoms. The molecule has 2 heterocycles. The largest absolute Gasteiger partial charge is 0.439 e. The van der Waals surface area contributed by atoms with Crippen molar-refractivity contribution in [3.63, 3.8) is 0 Å². The van der Waals surface area contributed by atoms with Gasteiger partial charge in [0.2, 0.25) is 6.34 Å². The summed E-state index contributed by atoms with van der Waals surface area (Å²) in [7, 11) is 1.88. The minimum absolute atomic E-state index is 0.0639. The van der Waals surface area contributed by atoms with Crippen LogP contribution in [0.1, 0.15) is 25.3 Å². The molecule has 112 valence electrons. The van der Waals surface area contributed by atoms with Crippen LogP contribution in [-0.4, -0.2) is 33.5 Å². The van der Waals surface area contributed by atoms with Gasteiger partial charge in [-0.2, -0.15) is 9.48 Å². The van der Waals surface area contributed by atoms with Gasteiger partial charge >= 0.3 is 6.03 Å². The Morgan fingerprint density at radius 1 is 1.27 bits per heavy atom. The Bertz CT molecular complexity index is 731. The number of benzene rings is 1. The van der Waals surface area contributed by atoms with Gasteiger partial charge in [-0.25, -0.2) is 14.3 Å². The highest BCUT2D eigenvalue weighted by Gasteiger charge is 2.42. The van der Waals surface area contributed by atoms with Crippen LogP contribution < -0.4 is 0 Å². The molecule has 5 nitrogen and oxygen atoms in total. The lowest BCUT2D eigenvalue weighted by Crippen LogP contribution is -2.47. The molecule has 2 aromatic rings. The third kappa shape index (κ3) is 2.29. The molecular formula is C17H19N4O+. The number of carbonyl (C=O) groups excluding carboxylic acids is 1. The maximum absolute atomic E-state index is 12.9. The molecule has 3 rings (SSSR count). The van der Waals surface area contributed by atoms with Crippen molar-refractivity contribution >= 4 is 18.1 Å². The van der Waals surface area contributed by atoms with Crippen molar-refractivity contribution in [3.8, 4) is 0 Å². The first-order valence-corrected chi connectivity index (χ1v) is 7.40. The second-order valence-electron chi connectivity index (χ2n) is 5.48. The van der Waals surface area contributed by atoms with Crippen molar-refractivity contribution < 1.29 is 9.28 Å². The lowest BCUT2D eigenvalue weighted by molar-refractivity contribution is -0.683. The van der Waals surface area contributed by atoms with E-state index in [1.165, 1.54) is 10.9 Å². The second kappa shape index (κ2) is 5.69. The Hall–Kier alpha value is -2.53. The molecule has 0 bridgehead atoms. The molecule has 0 N–H and O–H groups in total. The topological polar surface area (TPSA) is 47.2 Å². The quantitative estimate of drug-likeness (QED) is 0.814. The van der Waals surface area contributed by atoms with Crippen molar-refractivity contribution in [2.45, 2.75) is 19.8 Å². The van der Waals surface area contributed by atoms with Gasteiger partial charge in [-0.15, -0.1) is 0 Å². The summed E-state index contributed by atoms with van der Waals surface area (Å²) in [4.78, 5) is 21.4. The first-order valence-electron chi connectivity index (χ1n) is 7.40. The maximum atomic E-state index is 12.9. The molecule has 1 aliphatic heterocycles. The molecule has 0 aliphatic carbocycles. The van der Waals surface area contributed by atoms with Crippen LogP contribution >= 0.6 is 0 Å². The highest BCUT2D eigenvalue weighted by atomic mass is 16.2. The Kier molecular flexibility index (Phi) is 3.73. The van der Waals surface area contributed by atoms with Crippen LogP contribution in [0, 0.1) is 0 Å². The first-order chi connectivity index (χ1) is 10.7. The lowest BCUT2D eigenvalue weighted by Gasteiger charge is -2.25. The Balaban J connectivity index is 2.08. The minimum atomic E-state index is -0.0735. The zero-order chi connectivity index (χ0) is 15.6. The molecule has 0 radical (unpaired) electrons. The number of quaternary nitrogens is 1. The van der Waals surface area contributed by atoms with E-state index in [9.17, 15) is 4.79 Å². The Labute approximate surface area is 129 Å². The number of hydrogen-bond donors (Lipinski definition) is 0. The van der Waals surface area contributed by atoms with E-state index < -0.39 is 0 Å². The third-order valence-corrected chi connectivity index (χ3v) is 3.91. The van der Waals surface area contributed by atoms with Gasteiger partial charge in [0.15, 0.2) is 5.70 Å². The number of hydrogen-bond acceptors (Lipinski definition) is 3. The third-order valence-electron chi connectivity index (χ3n) is 3.91. The summed E-state index contributed by atoms with van der Waals surface area (Å²) in [6.07, 6.45) is 8.31. The smallest absolute Gasteiger partial charge is 0.245 e. The van der Waals surface area contributed by atoms with Crippen molar-refractivity contribution in [1.82, 2.24) is 9.55 Å². The van der Waals surface area contributed by atoms with Gasteiger partial charge in [0.05, 0.1) is 7.05 Å². The molecule has 5 heteroatoms. The summed E-state index contributed by atoms with van der Waals surface area (Å²) in [6.45, 7) is 2.11. The van der Waals surface area contributed by atoms with E-state index in [2.05, 4.69) is 16.9 Å². The average molecular weight is 295 g/mol. The monoisotopic (exact) mass is 295 g/mol. The van der Waals surface area contributed by atoms with Crippen molar-refractivity contribution in [2.24, 2.45) is 4.99 Å². The molecule has 1 unspecified atom stereocenters. The average Bonchev–Trinajstić information content (AvgIpc) is 3.18. The van der Waals surface area contributed by atoms with Crippen molar-refractivity contribution in [3.05, 3.63) is 60.3 Å². The van der Waals surface area contributed by atoms with Crippen LogP contribution in [-0.2, 0) is 0 Å². The number of amides is 1. The van der Waals surface area contributed by atoms with Crippen molar-refractivity contribution in [2.75, 3.05) is 7.05 Å². The van der Waals surface area contributed by atoms with E-state index in [-0.39, 0.29) is 10.5 Å². The minimum Gasteiger partial charge on any atom is -0.245 e. The number of imidazole rings is 1. The van der Waals surface area contributed by atoms with Crippen LogP contribution in [0.25, 0.3) is 5.70 Å². The Morgan fingerprint density at radius 2 is 2.05 bits per heavy atom. The molecule has 22 heavy (non-hydrogen) atoms. The number of aliphatic imine (C=N–C) groups is 1. The van der Waals surface area contributed by atoms with Crippen LogP contribution in [0.5, 0.6) is 0 Å². The van der Waals surface area contributed by atoms with E-state index in [1.54, 1.807) is 18.7 Å². The molecule has 1 amide bonds. The van der Waals surface area contributed by atoms with Gasteiger partial charge in [-0.1, -0.05) is 37.3 Å². The summed E-state index contributed by atoms with van der Waals surface area (Å²) < 4.78 is 1.57. The van der Waals surface area contributed by atoms with Gasteiger partial charge in [0.1, 0.15) is 12.0 Å². The number of carbonyl (C=O) groups is 1. The maximum Gasteiger partial charge on any atom is 0.439 e. The Morgan fingerprint density at radius 3 is 2.68 bits per heavy atom. The van der Waals surface area contributed by atoms with Gasteiger partial charge in [-0.3, -0.25) is 0 Å². The molecule has 0 saturated carbocycles. The fraction of sp³-hybridized carbons (Fsp3) is 0.235. The zero-order valence-corrected chi connectivity index (χ0v) is 12.8. The van der Waals surface area contributed by atoms with Crippen LogP contribution in [0.3, 0.4) is 0 Å². The fourth-order valence-electron chi connectivity index (χ4n) is 2.74. The zero-order valence-electron chi connectivity index (χ0n) is 12.8. The number of allylic oxidation sites excluding steroid dienone is 1. The van der Waals surface area contributed by atoms with E-state index in [1.807, 2.05) is 37.4 Å².